The van der Waals surface area contributed by atoms with Crippen molar-refractivity contribution in [3.63, 3.8) is 0 Å². The summed E-state index contributed by atoms with van der Waals surface area (Å²) in [7, 11) is 0. The molecule has 2 aliphatic rings. The largest absolute Gasteiger partial charge is 0.274 e. The number of fused-ring (bicyclic) bond motifs is 1. The summed E-state index contributed by atoms with van der Waals surface area (Å²) < 4.78 is 0. The van der Waals surface area contributed by atoms with Crippen LogP contribution in [0.3, 0.4) is 0 Å². The first-order valence-corrected chi connectivity index (χ1v) is 6.42. The van der Waals surface area contributed by atoms with E-state index >= 15 is 0 Å². The zero-order valence-corrected chi connectivity index (χ0v) is 10.3. The monoisotopic (exact) mass is 248 g/mol. The van der Waals surface area contributed by atoms with Crippen molar-refractivity contribution in [3.05, 3.63) is 12.2 Å². The molecule has 1 aromatic rings. The number of likely N-dealkylation sites (tertiary alicyclic amines) is 1. The second-order valence-corrected chi connectivity index (χ2v) is 5.09. The van der Waals surface area contributed by atoms with Gasteiger partial charge in [0.15, 0.2) is 0 Å². The van der Waals surface area contributed by atoms with E-state index in [1.54, 1.807) is 0 Å². The van der Waals surface area contributed by atoms with Crippen molar-refractivity contribution in [2.75, 3.05) is 0 Å². The Bertz CT molecular complexity index is 446. The van der Waals surface area contributed by atoms with Gasteiger partial charge in [0, 0.05) is 0 Å². The zero-order valence-electron chi connectivity index (χ0n) is 10.3. The van der Waals surface area contributed by atoms with Crippen LogP contribution in [0.1, 0.15) is 44.5 Å². The normalized spacial score (nSPS) is 29.5. The molecule has 1 N–H and O–H groups in total. The van der Waals surface area contributed by atoms with Crippen LogP contribution in [0.4, 0.5) is 0 Å². The van der Waals surface area contributed by atoms with E-state index in [2.05, 4.69) is 15.2 Å². The summed E-state index contributed by atoms with van der Waals surface area (Å²) in [6.45, 7) is 1.81. The number of carbonyl (C=O) groups is 2. The maximum Gasteiger partial charge on any atom is 0.233 e. The fourth-order valence-electron chi connectivity index (χ4n) is 3.11. The zero-order chi connectivity index (χ0) is 12.7. The molecule has 2 heterocycles. The lowest BCUT2D eigenvalue weighted by Crippen LogP contribution is -2.34. The van der Waals surface area contributed by atoms with Crippen LogP contribution in [0.2, 0.25) is 0 Å². The number of nitrogens with one attached hydrogen (secondary N) is 1. The Labute approximate surface area is 105 Å². The van der Waals surface area contributed by atoms with E-state index in [1.807, 2.05) is 6.92 Å². The molecule has 0 spiro atoms. The van der Waals surface area contributed by atoms with Crippen molar-refractivity contribution >= 4 is 11.8 Å². The van der Waals surface area contributed by atoms with E-state index in [9.17, 15) is 9.59 Å². The van der Waals surface area contributed by atoms with Gasteiger partial charge in [0.25, 0.3) is 0 Å². The highest BCUT2D eigenvalue weighted by Gasteiger charge is 2.50. The lowest BCUT2D eigenvalue weighted by Gasteiger charge is -2.20. The molecule has 0 bridgehead atoms. The molecule has 6 nitrogen and oxygen atoms in total. The molecular formula is C12H16N4O2. The molecule has 0 aromatic carbocycles. The molecule has 2 amide bonds. The van der Waals surface area contributed by atoms with Gasteiger partial charge >= 0.3 is 0 Å². The van der Waals surface area contributed by atoms with Crippen molar-refractivity contribution in [3.8, 4) is 0 Å². The Morgan fingerprint density at radius 1 is 1.28 bits per heavy atom. The third-order valence-corrected chi connectivity index (χ3v) is 4.09. The molecule has 1 saturated carbocycles. The van der Waals surface area contributed by atoms with Crippen LogP contribution in [-0.2, 0) is 9.59 Å². The van der Waals surface area contributed by atoms with Crippen LogP contribution in [0, 0.1) is 11.8 Å². The number of aromatic nitrogens is 3. The molecule has 96 valence electrons. The lowest BCUT2D eigenvalue weighted by atomic mass is 9.81. The summed E-state index contributed by atoms with van der Waals surface area (Å²) in [4.78, 5) is 30.1. The van der Waals surface area contributed by atoms with Gasteiger partial charge < -0.3 is 0 Å². The summed E-state index contributed by atoms with van der Waals surface area (Å²) in [6, 6.07) is -0.349. The quantitative estimate of drug-likeness (QED) is 0.793. The Morgan fingerprint density at radius 2 is 1.89 bits per heavy atom. The number of hydrogen-bond donors (Lipinski definition) is 1. The van der Waals surface area contributed by atoms with Crippen molar-refractivity contribution in [1.29, 1.82) is 0 Å². The van der Waals surface area contributed by atoms with E-state index in [4.69, 9.17) is 0 Å². The van der Waals surface area contributed by atoms with Gasteiger partial charge in [-0.15, -0.1) is 0 Å². The molecular weight excluding hydrogens is 232 g/mol. The molecule has 1 saturated heterocycles. The third kappa shape index (κ3) is 1.55. The molecule has 1 aliphatic carbocycles. The van der Waals surface area contributed by atoms with E-state index < -0.39 is 0 Å². The minimum Gasteiger partial charge on any atom is -0.274 e. The van der Waals surface area contributed by atoms with Crippen molar-refractivity contribution in [2.24, 2.45) is 11.8 Å². The summed E-state index contributed by atoms with van der Waals surface area (Å²) in [5, 5.41) is 6.50. The van der Waals surface area contributed by atoms with E-state index in [0.717, 1.165) is 25.7 Å². The SMILES string of the molecule is CC(c1ncn[nH]1)N1C(=O)C2CCCCC2C1=O. The lowest BCUT2D eigenvalue weighted by molar-refractivity contribution is -0.142. The highest BCUT2D eigenvalue weighted by Crippen LogP contribution is 2.40. The average Bonchev–Trinajstić information content (AvgIpc) is 2.99. The molecule has 0 radical (unpaired) electrons. The minimum absolute atomic E-state index is 0.0337. The van der Waals surface area contributed by atoms with Gasteiger partial charge in [-0.2, -0.15) is 5.10 Å². The van der Waals surface area contributed by atoms with Gasteiger partial charge in [-0.25, -0.2) is 4.98 Å². The number of hydrogen-bond acceptors (Lipinski definition) is 4. The number of amides is 2. The third-order valence-electron chi connectivity index (χ3n) is 4.09. The number of rotatable bonds is 2. The highest BCUT2D eigenvalue weighted by molar-refractivity contribution is 6.05. The Hall–Kier alpha value is -1.72. The highest BCUT2D eigenvalue weighted by atomic mass is 16.2. The van der Waals surface area contributed by atoms with Gasteiger partial charge in [0.05, 0.1) is 17.9 Å². The first-order chi connectivity index (χ1) is 8.70. The molecule has 3 unspecified atom stereocenters. The summed E-state index contributed by atoms with van der Waals surface area (Å²) >= 11 is 0. The Balaban J connectivity index is 1.88. The van der Waals surface area contributed by atoms with Gasteiger partial charge in [-0.05, 0) is 19.8 Å². The first-order valence-electron chi connectivity index (χ1n) is 6.42. The van der Waals surface area contributed by atoms with E-state index in [-0.39, 0.29) is 29.7 Å². The number of aromatic amines is 1. The van der Waals surface area contributed by atoms with E-state index in [0.29, 0.717) is 5.82 Å². The van der Waals surface area contributed by atoms with Crippen molar-refractivity contribution in [1.82, 2.24) is 20.1 Å². The second-order valence-electron chi connectivity index (χ2n) is 5.09. The fraction of sp³-hybridized carbons (Fsp3) is 0.667. The van der Waals surface area contributed by atoms with Crippen molar-refractivity contribution in [2.45, 2.75) is 38.6 Å². The Kier molecular flexibility index (Phi) is 2.65. The molecule has 2 fully saturated rings. The summed E-state index contributed by atoms with van der Waals surface area (Å²) in [5.41, 5.74) is 0. The fourth-order valence-corrected chi connectivity index (χ4v) is 3.11. The predicted molar refractivity (Wildman–Crippen MR) is 62.1 cm³/mol. The number of H-pyrrole nitrogens is 1. The summed E-state index contributed by atoms with van der Waals surface area (Å²) in [6.07, 6.45) is 5.17. The van der Waals surface area contributed by atoms with Crippen LogP contribution in [0.5, 0.6) is 0 Å². The molecule has 3 rings (SSSR count). The van der Waals surface area contributed by atoms with Crippen LogP contribution < -0.4 is 0 Å². The van der Waals surface area contributed by atoms with Gasteiger partial charge in [0.2, 0.25) is 11.8 Å². The smallest absolute Gasteiger partial charge is 0.233 e. The van der Waals surface area contributed by atoms with Crippen LogP contribution in [0.15, 0.2) is 6.33 Å². The predicted octanol–water partition coefficient (Wildman–Crippen LogP) is 1.04. The summed E-state index contributed by atoms with van der Waals surface area (Å²) in [5.74, 6) is 0.297. The molecule has 3 atom stereocenters. The molecule has 1 aliphatic heterocycles. The number of imide groups is 1. The standard InChI is InChI=1S/C12H16N4O2/c1-7(10-13-6-14-15-10)16-11(17)8-4-2-3-5-9(8)12(16)18/h6-9H,2-5H2,1H3,(H,13,14,15). The number of carbonyl (C=O) groups excluding carboxylic acids is 2. The topological polar surface area (TPSA) is 79.0 Å². The first kappa shape index (κ1) is 11.4. The molecule has 6 heteroatoms. The minimum atomic E-state index is -0.349. The maximum absolute atomic E-state index is 12.3. The number of nitrogens with zero attached hydrogens (tertiary/aromatic N) is 3. The molecule has 18 heavy (non-hydrogen) atoms. The van der Waals surface area contributed by atoms with Gasteiger partial charge in [-0.1, -0.05) is 12.8 Å². The average molecular weight is 248 g/mol. The maximum atomic E-state index is 12.3. The second kappa shape index (κ2) is 4.19. The van der Waals surface area contributed by atoms with Gasteiger partial charge in [-0.3, -0.25) is 19.6 Å². The van der Waals surface area contributed by atoms with Crippen LogP contribution in [0.25, 0.3) is 0 Å². The van der Waals surface area contributed by atoms with E-state index in [1.165, 1.54) is 11.2 Å². The van der Waals surface area contributed by atoms with Crippen molar-refractivity contribution < 1.29 is 9.59 Å². The Morgan fingerprint density at radius 3 is 2.39 bits per heavy atom. The van der Waals surface area contributed by atoms with Gasteiger partial charge in [0.1, 0.15) is 12.2 Å². The van der Waals surface area contributed by atoms with Crippen LogP contribution in [-0.4, -0.2) is 31.9 Å². The van der Waals surface area contributed by atoms with Crippen LogP contribution >= 0.6 is 0 Å². The molecule has 1 aromatic heterocycles.